The highest BCUT2D eigenvalue weighted by atomic mass is 35.5. The molecular weight excluding hydrogens is 444 g/mol. The molecule has 2 aromatic carbocycles. The number of hydrogen-bond acceptors (Lipinski definition) is 5. The number of para-hydroxylation sites is 1. The predicted octanol–water partition coefficient (Wildman–Crippen LogP) is 4.30. The zero-order chi connectivity index (χ0) is 23.7. The van der Waals surface area contributed by atoms with E-state index in [0.717, 1.165) is 16.5 Å². The third-order valence-corrected chi connectivity index (χ3v) is 6.16. The van der Waals surface area contributed by atoms with Gasteiger partial charge in [0.15, 0.2) is 0 Å². The van der Waals surface area contributed by atoms with Crippen LogP contribution in [0.5, 0.6) is 5.75 Å². The Morgan fingerprint density at radius 3 is 2.64 bits per heavy atom. The molecule has 1 aromatic heterocycles. The quantitative estimate of drug-likeness (QED) is 0.242. The topological polar surface area (TPSA) is 81.0 Å². The monoisotopic (exact) mass is 468 g/mol. The fourth-order valence-electron chi connectivity index (χ4n) is 4.41. The minimum Gasteiger partial charge on any atom is -0.507 e. The number of carbonyl (C=O) groups excluding carboxylic acids is 2. The van der Waals surface area contributed by atoms with Crippen LogP contribution in [0.2, 0.25) is 5.02 Å². The smallest absolute Gasteiger partial charge is 0.295 e. The lowest BCUT2D eigenvalue weighted by Crippen LogP contribution is -2.31. The third kappa shape index (κ3) is 3.98. The van der Waals surface area contributed by atoms with Crippen molar-refractivity contribution in [1.82, 2.24) is 9.47 Å². The molecule has 4 rings (SSSR count). The van der Waals surface area contributed by atoms with Gasteiger partial charge in [0.1, 0.15) is 11.5 Å². The summed E-state index contributed by atoms with van der Waals surface area (Å²) in [5.41, 5.74) is 1.97. The second-order valence-electron chi connectivity index (χ2n) is 7.90. The number of hydrogen-bond donors (Lipinski definition) is 1. The minimum atomic E-state index is -0.767. The molecular formula is C25H25ClN2O5. The number of nitrogens with zero attached hydrogens (tertiary/aromatic N) is 2. The molecule has 0 radical (unpaired) electrons. The third-order valence-electron chi connectivity index (χ3n) is 5.93. The number of carbonyl (C=O) groups is 2. The minimum absolute atomic E-state index is 0.00864. The maximum absolute atomic E-state index is 13.3. The number of halogens is 1. The Morgan fingerprint density at radius 2 is 1.91 bits per heavy atom. The summed E-state index contributed by atoms with van der Waals surface area (Å²) < 4.78 is 12.5. The van der Waals surface area contributed by atoms with Crippen LogP contribution in [0.4, 0.5) is 0 Å². The van der Waals surface area contributed by atoms with Gasteiger partial charge in [0.25, 0.3) is 11.7 Å². The number of benzene rings is 2. The summed E-state index contributed by atoms with van der Waals surface area (Å²) in [4.78, 5) is 27.9. The number of amides is 1. The molecule has 3 aromatic rings. The van der Waals surface area contributed by atoms with Crippen LogP contribution >= 0.6 is 11.6 Å². The van der Waals surface area contributed by atoms with E-state index < -0.39 is 17.7 Å². The van der Waals surface area contributed by atoms with Crippen molar-refractivity contribution in [3.05, 3.63) is 70.4 Å². The van der Waals surface area contributed by atoms with Crippen molar-refractivity contribution in [1.29, 1.82) is 0 Å². The molecule has 1 saturated heterocycles. The van der Waals surface area contributed by atoms with Crippen LogP contribution in [0.1, 0.15) is 23.6 Å². The highest BCUT2D eigenvalue weighted by Crippen LogP contribution is 2.43. The first-order chi connectivity index (χ1) is 15.9. The molecule has 1 unspecified atom stereocenters. The van der Waals surface area contributed by atoms with E-state index in [1.165, 1.54) is 18.1 Å². The second-order valence-corrected chi connectivity index (χ2v) is 8.33. The normalized spacial score (nSPS) is 17.8. The Bertz CT molecular complexity index is 1260. The highest BCUT2D eigenvalue weighted by Gasteiger charge is 2.47. The van der Waals surface area contributed by atoms with Crippen LogP contribution in [-0.4, -0.2) is 53.6 Å². The summed E-state index contributed by atoms with van der Waals surface area (Å²) >= 11 is 6.17. The first-order valence-corrected chi connectivity index (χ1v) is 10.9. The van der Waals surface area contributed by atoms with Crippen LogP contribution < -0.4 is 4.74 Å². The van der Waals surface area contributed by atoms with E-state index in [4.69, 9.17) is 21.1 Å². The zero-order valence-corrected chi connectivity index (χ0v) is 19.4. The molecule has 2 heterocycles. The van der Waals surface area contributed by atoms with Crippen molar-refractivity contribution in [3.8, 4) is 5.75 Å². The summed E-state index contributed by atoms with van der Waals surface area (Å²) in [6, 6.07) is 11.7. The van der Waals surface area contributed by atoms with Gasteiger partial charge in [0.2, 0.25) is 0 Å². The number of ketones is 1. The van der Waals surface area contributed by atoms with Gasteiger partial charge in [-0.15, -0.1) is 0 Å². The number of methoxy groups -OCH3 is 2. The average molecular weight is 469 g/mol. The Labute approximate surface area is 196 Å². The predicted molar refractivity (Wildman–Crippen MR) is 126 cm³/mol. The first kappa shape index (κ1) is 22.9. The SMILES string of the molecule is COCCCN1C(=O)C(=O)/C(=C(/O)c2cc(Cl)ccc2OC)C1c1cn(C)c2ccccc12. The van der Waals surface area contributed by atoms with E-state index in [2.05, 4.69) is 0 Å². The van der Waals surface area contributed by atoms with Crippen LogP contribution in [0.15, 0.2) is 54.2 Å². The molecule has 7 nitrogen and oxygen atoms in total. The standard InChI is InChI=1S/C25H25ClN2O5/c1-27-14-18(16-7-4-5-8-19(16)27)22-21(24(30)25(31)28(22)11-6-12-32-2)23(29)17-13-15(26)9-10-20(17)33-3/h4-5,7-10,13-14,22,29H,6,11-12H2,1-3H3/b23-21+. The molecule has 1 aliphatic rings. The maximum atomic E-state index is 13.3. The fraction of sp³-hybridized carbons (Fsp3) is 0.280. The molecule has 1 atom stereocenters. The Balaban J connectivity index is 1.96. The number of aromatic nitrogens is 1. The van der Waals surface area contributed by atoms with E-state index >= 15 is 0 Å². The fourth-order valence-corrected chi connectivity index (χ4v) is 4.59. The first-order valence-electron chi connectivity index (χ1n) is 10.5. The number of aliphatic hydroxyl groups excluding tert-OH is 1. The lowest BCUT2D eigenvalue weighted by molar-refractivity contribution is -0.140. The number of fused-ring (bicyclic) bond motifs is 1. The summed E-state index contributed by atoms with van der Waals surface area (Å²) in [5, 5.41) is 12.6. The van der Waals surface area contributed by atoms with Crippen LogP contribution in [0, 0.1) is 0 Å². The number of Topliss-reactive ketones (excluding diaryl/α,β-unsaturated/α-hetero) is 1. The molecule has 0 bridgehead atoms. The van der Waals surface area contributed by atoms with E-state index in [0.29, 0.717) is 30.3 Å². The Kier molecular flexibility index (Phi) is 6.44. The van der Waals surface area contributed by atoms with E-state index in [9.17, 15) is 14.7 Å². The highest BCUT2D eigenvalue weighted by molar-refractivity contribution is 6.46. The van der Waals surface area contributed by atoms with Gasteiger partial charge in [0, 0.05) is 55.0 Å². The summed E-state index contributed by atoms with van der Waals surface area (Å²) in [5.74, 6) is -1.38. The molecule has 1 aliphatic heterocycles. The number of aryl methyl sites for hydroxylation is 1. The number of likely N-dealkylation sites (tertiary alicyclic amines) is 1. The van der Waals surface area contributed by atoms with E-state index in [1.54, 1.807) is 19.2 Å². The molecule has 33 heavy (non-hydrogen) atoms. The zero-order valence-electron chi connectivity index (χ0n) is 18.7. The summed E-state index contributed by atoms with van der Waals surface area (Å²) in [7, 11) is 4.95. The van der Waals surface area contributed by atoms with Gasteiger partial charge in [-0.2, -0.15) is 0 Å². The average Bonchev–Trinajstić information content (AvgIpc) is 3.27. The number of rotatable bonds is 7. The molecule has 1 N–H and O–H groups in total. The van der Waals surface area contributed by atoms with Crippen molar-refractivity contribution < 1.29 is 24.2 Å². The van der Waals surface area contributed by atoms with Gasteiger partial charge in [-0.05, 0) is 30.7 Å². The van der Waals surface area contributed by atoms with Gasteiger partial charge < -0.3 is 24.0 Å². The van der Waals surface area contributed by atoms with Crippen LogP contribution in [-0.2, 0) is 21.4 Å². The lowest BCUT2D eigenvalue weighted by atomic mass is 9.94. The molecule has 0 saturated carbocycles. The lowest BCUT2D eigenvalue weighted by Gasteiger charge is -2.25. The summed E-state index contributed by atoms with van der Waals surface area (Å²) in [6.45, 7) is 0.739. The van der Waals surface area contributed by atoms with Crippen LogP contribution in [0.25, 0.3) is 16.7 Å². The largest absolute Gasteiger partial charge is 0.507 e. The number of ether oxygens (including phenoxy) is 2. The van der Waals surface area contributed by atoms with Crippen molar-refractivity contribution in [2.24, 2.45) is 7.05 Å². The van der Waals surface area contributed by atoms with Crippen LogP contribution in [0.3, 0.4) is 0 Å². The van der Waals surface area contributed by atoms with Gasteiger partial charge in [-0.3, -0.25) is 9.59 Å². The molecule has 8 heteroatoms. The van der Waals surface area contributed by atoms with Crippen molar-refractivity contribution >= 4 is 40.0 Å². The molecule has 172 valence electrons. The van der Waals surface area contributed by atoms with Gasteiger partial charge >= 0.3 is 0 Å². The Morgan fingerprint density at radius 1 is 1.15 bits per heavy atom. The van der Waals surface area contributed by atoms with Crippen molar-refractivity contribution in [2.45, 2.75) is 12.5 Å². The summed E-state index contributed by atoms with van der Waals surface area (Å²) in [6.07, 6.45) is 2.44. The van der Waals surface area contributed by atoms with Gasteiger partial charge in [-0.25, -0.2) is 0 Å². The Hall–Kier alpha value is -3.29. The second kappa shape index (κ2) is 9.29. The van der Waals surface area contributed by atoms with E-state index in [1.807, 2.05) is 42.1 Å². The molecule has 1 fully saturated rings. The number of aliphatic hydroxyl groups is 1. The molecule has 0 aliphatic carbocycles. The van der Waals surface area contributed by atoms with Gasteiger partial charge in [0.05, 0.1) is 24.3 Å². The van der Waals surface area contributed by atoms with Crippen molar-refractivity contribution in [2.75, 3.05) is 27.4 Å². The molecule has 1 amide bonds. The van der Waals surface area contributed by atoms with E-state index in [-0.39, 0.29) is 16.9 Å². The van der Waals surface area contributed by atoms with Crippen molar-refractivity contribution in [3.63, 3.8) is 0 Å². The maximum Gasteiger partial charge on any atom is 0.295 e. The van der Waals surface area contributed by atoms with Gasteiger partial charge in [-0.1, -0.05) is 29.8 Å². The molecule has 0 spiro atoms.